The molecule has 0 radical (unpaired) electrons. The largest absolute Gasteiger partial charge is 0.462 e. The van der Waals surface area contributed by atoms with Crippen molar-refractivity contribution in [2.75, 3.05) is 13.2 Å². The SMILES string of the molecule is CCCCCCC/C=C\C/C=C\CCCCCCCCCCCCCCCC(=O)OCC(COC(=O)CCCCCCCCCCCCC)OC(=O)CCCCCCCCCCCCCCC/C=C\C/C=C\CCCCCCC. The average molecular weight is 1110 g/mol. The molecule has 6 heteroatoms. The van der Waals surface area contributed by atoms with Crippen LogP contribution < -0.4 is 0 Å². The highest BCUT2D eigenvalue weighted by Gasteiger charge is 2.19. The first-order chi connectivity index (χ1) is 39.0. The zero-order chi connectivity index (χ0) is 57.1. The quantitative estimate of drug-likeness (QED) is 0.0261. The van der Waals surface area contributed by atoms with Crippen LogP contribution in [0.1, 0.15) is 380 Å². The van der Waals surface area contributed by atoms with Gasteiger partial charge in [-0.1, -0.05) is 326 Å². The second kappa shape index (κ2) is 67.9. The molecular weight excluding hydrogens is 973 g/mol. The number of ether oxygens (including phenoxy) is 3. The van der Waals surface area contributed by atoms with Crippen LogP contribution in [0.3, 0.4) is 0 Å². The first kappa shape index (κ1) is 76.4. The number of esters is 3. The summed E-state index contributed by atoms with van der Waals surface area (Å²) in [4.78, 5) is 38.4. The molecule has 0 aliphatic rings. The molecule has 6 nitrogen and oxygen atoms in total. The monoisotopic (exact) mass is 1110 g/mol. The minimum atomic E-state index is -0.772. The second-order valence-electron chi connectivity index (χ2n) is 23.8. The van der Waals surface area contributed by atoms with E-state index in [4.69, 9.17) is 14.2 Å². The molecule has 1 unspecified atom stereocenters. The Kier molecular flexibility index (Phi) is 65.6. The van der Waals surface area contributed by atoms with E-state index in [1.165, 1.54) is 270 Å². The Morgan fingerprint density at radius 3 is 0.696 bits per heavy atom. The normalized spacial score (nSPS) is 12.3. The molecule has 79 heavy (non-hydrogen) atoms. The van der Waals surface area contributed by atoms with Gasteiger partial charge in [-0.25, -0.2) is 0 Å². The summed E-state index contributed by atoms with van der Waals surface area (Å²) in [5.41, 5.74) is 0. The Morgan fingerprint density at radius 2 is 0.456 bits per heavy atom. The van der Waals surface area contributed by atoms with Crippen LogP contribution in [0.4, 0.5) is 0 Å². The maximum Gasteiger partial charge on any atom is 0.306 e. The molecule has 0 spiro atoms. The van der Waals surface area contributed by atoms with Crippen LogP contribution in [-0.2, 0) is 28.6 Å². The summed E-state index contributed by atoms with van der Waals surface area (Å²) < 4.78 is 17.0. The number of carbonyl (C=O) groups is 3. The standard InChI is InChI=1S/C73H134O6/c1-4-7-10-13-16-19-22-24-26-28-30-32-34-36-38-40-42-44-46-48-51-54-57-60-63-66-72(75)78-69-70(68-77-71(74)65-62-59-56-53-50-21-18-15-12-9-6-3)79-73(76)67-64-61-58-55-52-49-47-45-43-41-39-37-35-33-31-29-27-25-23-20-17-14-11-8-5-2/h22-25,28-31,70H,4-21,26-27,32-69H2,1-3H3/b24-22-,25-23-,30-28-,31-29-. The molecule has 0 fully saturated rings. The molecule has 0 aromatic rings. The van der Waals surface area contributed by atoms with Crippen LogP contribution in [0, 0.1) is 0 Å². The molecule has 0 aliphatic heterocycles. The molecule has 0 rings (SSSR count). The fourth-order valence-corrected chi connectivity index (χ4v) is 10.5. The third kappa shape index (κ3) is 66.1. The van der Waals surface area contributed by atoms with Gasteiger partial charge in [0.2, 0.25) is 0 Å². The van der Waals surface area contributed by atoms with E-state index in [-0.39, 0.29) is 31.1 Å². The minimum absolute atomic E-state index is 0.0687. The van der Waals surface area contributed by atoms with Gasteiger partial charge >= 0.3 is 17.9 Å². The van der Waals surface area contributed by atoms with Crippen molar-refractivity contribution in [3.8, 4) is 0 Å². The van der Waals surface area contributed by atoms with Gasteiger partial charge in [-0.2, -0.15) is 0 Å². The van der Waals surface area contributed by atoms with Crippen molar-refractivity contribution in [1.82, 2.24) is 0 Å². The lowest BCUT2D eigenvalue weighted by atomic mass is 10.0. The van der Waals surface area contributed by atoms with E-state index in [2.05, 4.69) is 69.4 Å². The summed E-state index contributed by atoms with van der Waals surface area (Å²) in [6.07, 6.45) is 85.7. The fraction of sp³-hybridized carbons (Fsp3) is 0.849. The summed E-state index contributed by atoms with van der Waals surface area (Å²) in [7, 11) is 0. The Morgan fingerprint density at radius 1 is 0.253 bits per heavy atom. The molecule has 0 aliphatic carbocycles. The fourth-order valence-electron chi connectivity index (χ4n) is 10.5. The predicted molar refractivity (Wildman–Crippen MR) is 344 cm³/mol. The third-order valence-electron chi connectivity index (χ3n) is 15.8. The molecule has 462 valence electrons. The van der Waals surface area contributed by atoms with Crippen LogP contribution in [-0.4, -0.2) is 37.2 Å². The summed E-state index contributed by atoms with van der Waals surface area (Å²) in [6, 6.07) is 0. The summed E-state index contributed by atoms with van der Waals surface area (Å²) >= 11 is 0. The van der Waals surface area contributed by atoms with Gasteiger partial charge in [0.1, 0.15) is 13.2 Å². The Hall–Kier alpha value is -2.63. The summed E-state index contributed by atoms with van der Waals surface area (Å²) in [5, 5.41) is 0. The van der Waals surface area contributed by atoms with E-state index in [0.29, 0.717) is 19.3 Å². The van der Waals surface area contributed by atoms with Gasteiger partial charge in [0.15, 0.2) is 6.10 Å². The molecule has 1 atom stereocenters. The van der Waals surface area contributed by atoms with Gasteiger partial charge in [0.25, 0.3) is 0 Å². The second-order valence-corrected chi connectivity index (χ2v) is 23.8. The van der Waals surface area contributed by atoms with Gasteiger partial charge in [-0.15, -0.1) is 0 Å². The topological polar surface area (TPSA) is 78.9 Å². The zero-order valence-corrected chi connectivity index (χ0v) is 53.2. The molecule has 0 aromatic heterocycles. The van der Waals surface area contributed by atoms with Crippen molar-refractivity contribution >= 4 is 17.9 Å². The van der Waals surface area contributed by atoms with Crippen molar-refractivity contribution in [3.05, 3.63) is 48.6 Å². The number of rotatable bonds is 65. The minimum Gasteiger partial charge on any atom is -0.462 e. The molecule has 0 saturated carbocycles. The number of unbranched alkanes of at least 4 members (excludes halogenated alkanes) is 46. The van der Waals surface area contributed by atoms with Gasteiger partial charge in [-0.3, -0.25) is 14.4 Å². The van der Waals surface area contributed by atoms with Gasteiger partial charge in [0, 0.05) is 19.3 Å². The molecule has 0 aromatic carbocycles. The Bertz CT molecular complexity index is 1360. The van der Waals surface area contributed by atoms with Crippen LogP contribution >= 0.6 is 0 Å². The van der Waals surface area contributed by atoms with Gasteiger partial charge < -0.3 is 14.2 Å². The lowest BCUT2D eigenvalue weighted by Gasteiger charge is -2.18. The maximum atomic E-state index is 12.9. The molecule has 0 heterocycles. The Balaban J connectivity index is 4.20. The lowest BCUT2D eigenvalue weighted by Crippen LogP contribution is -2.30. The van der Waals surface area contributed by atoms with Crippen molar-refractivity contribution in [2.45, 2.75) is 386 Å². The van der Waals surface area contributed by atoms with Crippen LogP contribution in [0.2, 0.25) is 0 Å². The van der Waals surface area contributed by atoms with Crippen molar-refractivity contribution in [3.63, 3.8) is 0 Å². The van der Waals surface area contributed by atoms with E-state index < -0.39 is 6.10 Å². The highest BCUT2D eigenvalue weighted by Crippen LogP contribution is 2.18. The molecule has 0 N–H and O–H groups in total. The van der Waals surface area contributed by atoms with E-state index >= 15 is 0 Å². The van der Waals surface area contributed by atoms with E-state index in [9.17, 15) is 14.4 Å². The third-order valence-corrected chi connectivity index (χ3v) is 15.8. The number of allylic oxidation sites excluding steroid dienone is 8. The number of hydrogen-bond acceptors (Lipinski definition) is 6. The van der Waals surface area contributed by atoms with Gasteiger partial charge in [-0.05, 0) is 83.5 Å². The van der Waals surface area contributed by atoms with Gasteiger partial charge in [0.05, 0.1) is 0 Å². The molecule has 0 saturated heterocycles. The lowest BCUT2D eigenvalue weighted by molar-refractivity contribution is -0.167. The molecular formula is C73H134O6. The molecule has 0 bridgehead atoms. The summed E-state index contributed by atoms with van der Waals surface area (Å²) in [5.74, 6) is -0.846. The van der Waals surface area contributed by atoms with Crippen molar-refractivity contribution in [2.24, 2.45) is 0 Å². The van der Waals surface area contributed by atoms with Crippen LogP contribution in [0.25, 0.3) is 0 Å². The zero-order valence-electron chi connectivity index (χ0n) is 53.2. The predicted octanol–water partition coefficient (Wildman–Crippen LogP) is 24.1. The van der Waals surface area contributed by atoms with E-state index in [1.54, 1.807) is 0 Å². The van der Waals surface area contributed by atoms with Crippen molar-refractivity contribution < 1.29 is 28.6 Å². The number of carbonyl (C=O) groups excluding carboxylic acids is 3. The summed E-state index contributed by atoms with van der Waals surface area (Å²) in [6.45, 7) is 6.67. The highest BCUT2D eigenvalue weighted by atomic mass is 16.6. The average Bonchev–Trinajstić information content (AvgIpc) is 3.45. The first-order valence-electron chi connectivity index (χ1n) is 35.1. The van der Waals surface area contributed by atoms with E-state index in [0.717, 1.165) is 70.6 Å². The van der Waals surface area contributed by atoms with Crippen LogP contribution in [0.5, 0.6) is 0 Å². The number of hydrogen-bond donors (Lipinski definition) is 0. The van der Waals surface area contributed by atoms with Crippen molar-refractivity contribution in [1.29, 1.82) is 0 Å². The van der Waals surface area contributed by atoms with E-state index in [1.807, 2.05) is 0 Å². The maximum absolute atomic E-state index is 12.9. The highest BCUT2D eigenvalue weighted by molar-refractivity contribution is 5.71. The first-order valence-corrected chi connectivity index (χ1v) is 35.1. The Labute approximate surface area is 492 Å². The molecule has 0 amide bonds. The smallest absolute Gasteiger partial charge is 0.306 e. The van der Waals surface area contributed by atoms with Crippen LogP contribution in [0.15, 0.2) is 48.6 Å².